The van der Waals surface area contributed by atoms with Crippen LogP contribution >= 0.6 is 0 Å². The lowest BCUT2D eigenvalue weighted by Crippen LogP contribution is -2.41. The summed E-state index contributed by atoms with van der Waals surface area (Å²) in [6.07, 6.45) is 4.34. The van der Waals surface area contributed by atoms with Crippen molar-refractivity contribution in [3.63, 3.8) is 0 Å². The van der Waals surface area contributed by atoms with Gasteiger partial charge in [0.05, 0.1) is 0 Å². The molecule has 1 aromatic carbocycles. The van der Waals surface area contributed by atoms with E-state index < -0.39 is 5.60 Å². The average Bonchev–Trinajstić information content (AvgIpc) is 3.31. The van der Waals surface area contributed by atoms with Gasteiger partial charge in [-0.05, 0) is 75.5 Å². The molecule has 0 aromatic heterocycles. The molecule has 1 aliphatic carbocycles. The Labute approximate surface area is 139 Å². The van der Waals surface area contributed by atoms with E-state index in [4.69, 9.17) is 10.5 Å². The van der Waals surface area contributed by atoms with Crippen molar-refractivity contribution in [2.45, 2.75) is 63.9 Å². The average molecular weight is 316 g/mol. The highest BCUT2D eigenvalue weighted by atomic mass is 16.6. The van der Waals surface area contributed by atoms with Crippen molar-refractivity contribution in [1.82, 2.24) is 4.90 Å². The number of likely N-dealkylation sites (tertiary alicyclic amines) is 1. The number of piperidine rings is 1. The third kappa shape index (κ3) is 3.98. The second kappa shape index (κ2) is 6.06. The lowest BCUT2D eigenvalue weighted by Gasteiger charge is -2.33. The van der Waals surface area contributed by atoms with Crippen molar-refractivity contribution < 1.29 is 9.53 Å². The molecule has 2 aliphatic rings. The molecule has 4 heteroatoms. The van der Waals surface area contributed by atoms with Gasteiger partial charge in [-0.2, -0.15) is 0 Å². The summed E-state index contributed by atoms with van der Waals surface area (Å²) in [5.41, 5.74) is 9.33. The predicted molar refractivity (Wildman–Crippen MR) is 92.6 cm³/mol. The molecule has 0 spiro atoms. The van der Waals surface area contributed by atoms with Crippen molar-refractivity contribution in [3.05, 3.63) is 29.3 Å². The number of hydrogen-bond acceptors (Lipinski definition) is 3. The summed E-state index contributed by atoms with van der Waals surface area (Å²) in [5.74, 6) is 1.20. The van der Waals surface area contributed by atoms with Gasteiger partial charge in [0, 0.05) is 18.8 Å². The zero-order valence-corrected chi connectivity index (χ0v) is 14.5. The normalized spacial score (nSPS) is 19.7. The van der Waals surface area contributed by atoms with Gasteiger partial charge in [-0.25, -0.2) is 4.79 Å². The van der Waals surface area contributed by atoms with Crippen LogP contribution in [0.1, 0.15) is 69.4 Å². The summed E-state index contributed by atoms with van der Waals surface area (Å²) >= 11 is 0. The standard InChI is InChI=1S/C19H28N2O2/c1-19(2,3)23-18(22)21-10-8-13(9-11-21)15-6-7-17(20)16(12-15)14-4-5-14/h6-7,12-14H,4-5,8-11,20H2,1-3H3. The van der Waals surface area contributed by atoms with Crippen molar-refractivity contribution in [2.24, 2.45) is 0 Å². The van der Waals surface area contributed by atoms with Gasteiger partial charge in [-0.1, -0.05) is 12.1 Å². The Hall–Kier alpha value is -1.71. The molecule has 1 saturated carbocycles. The number of ether oxygens (including phenoxy) is 1. The molecule has 1 aliphatic heterocycles. The van der Waals surface area contributed by atoms with Crippen LogP contribution in [0.5, 0.6) is 0 Å². The molecule has 1 amide bonds. The van der Waals surface area contributed by atoms with Crippen LogP contribution in [-0.4, -0.2) is 29.7 Å². The fourth-order valence-corrected chi connectivity index (χ4v) is 3.32. The molecule has 0 radical (unpaired) electrons. The van der Waals surface area contributed by atoms with Crippen LogP contribution in [0.15, 0.2) is 18.2 Å². The van der Waals surface area contributed by atoms with E-state index in [0.29, 0.717) is 11.8 Å². The topological polar surface area (TPSA) is 55.6 Å². The number of anilines is 1. The maximum atomic E-state index is 12.1. The smallest absolute Gasteiger partial charge is 0.410 e. The van der Waals surface area contributed by atoms with Crippen LogP contribution < -0.4 is 5.73 Å². The molecule has 2 N–H and O–H groups in total. The second-order valence-corrected chi connectivity index (χ2v) is 7.90. The highest BCUT2D eigenvalue weighted by molar-refractivity contribution is 5.68. The van der Waals surface area contributed by atoms with E-state index in [2.05, 4.69) is 18.2 Å². The third-order valence-corrected chi connectivity index (χ3v) is 4.75. The number of carbonyl (C=O) groups is 1. The monoisotopic (exact) mass is 316 g/mol. The quantitative estimate of drug-likeness (QED) is 0.829. The van der Waals surface area contributed by atoms with E-state index in [-0.39, 0.29) is 6.09 Å². The van der Waals surface area contributed by atoms with Crippen LogP contribution in [0.4, 0.5) is 10.5 Å². The van der Waals surface area contributed by atoms with Gasteiger partial charge >= 0.3 is 6.09 Å². The van der Waals surface area contributed by atoms with Gasteiger partial charge in [-0.3, -0.25) is 0 Å². The molecule has 0 atom stereocenters. The Bertz CT molecular complexity index is 580. The lowest BCUT2D eigenvalue weighted by atomic mass is 9.88. The molecule has 23 heavy (non-hydrogen) atoms. The molecule has 1 saturated heterocycles. The van der Waals surface area contributed by atoms with Gasteiger partial charge in [-0.15, -0.1) is 0 Å². The van der Waals surface area contributed by atoms with Crippen LogP contribution in [-0.2, 0) is 4.74 Å². The van der Waals surface area contributed by atoms with Gasteiger partial charge in [0.1, 0.15) is 5.60 Å². The summed E-state index contributed by atoms with van der Waals surface area (Å²) in [4.78, 5) is 14.0. The predicted octanol–water partition coefficient (Wildman–Crippen LogP) is 4.26. The number of benzene rings is 1. The summed E-state index contributed by atoms with van der Waals surface area (Å²) in [5, 5.41) is 0. The molecule has 0 bridgehead atoms. The first-order valence-electron chi connectivity index (χ1n) is 8.71. The minimum atomic E-state index is -0.427. The molecule has 126 valence electrons. The molecule has 3 rings (SSSR count). The van der Waals surface area contributed by atoms with Crippen molar-refractivity contribution in [3.8, 4) is 0 Å². The van der Waals surface area contributed by atoms with Gasteiger partial charge < -0.3 is 15.4 Å². The first-order chi connectivity index (χ1) is 10.8. The molecule has 4 nitrogen and oxygen atoms in total. The van der Waals surface area contributed by atoms with Gasteiger partial charge in [0.25, 0.3) is 0 Å². The molecule has 2 fully saturated rings. The van der Waals surface area contributed by atoms with E-state index in [1.165, 1.54) is 24.0 Å². The van der Waals surface area contributed by atoms with Crippen molar-refractivity contribution in [2.75, 3.05) is 18.8 Å². The largest absolute Gasteiger partial charge is 0.444 e. The number of nitrogens with two attached hydrogens (primary N) is 1. The van der Waals surface area contributed by atoms with Crippen LogP contribution in [0.2, 0.25) is 0 Å². The summed E-state index contributed by atoms with van der Waals surface area (Å²) in [7, 11) is 0. The molecule has 1 heterocycles. The van der Waals surface area contributed by atoms with Gasteiger partial charge in [0.2, 0.25) is 0 Å². The van der Waals surface area contributed by atoms with Crippen LogP contribution in [0, 0.1) is 0 Å². The van der Waals surface area contributed by atoms with E-state index in [1.807, 2.05) is 25.7 Å². The zero-order chi connectivity index (χ0) is 16.6. The zero-order valence-electron chi connectivity index (χ0n) is 14.5. The number of hydrogen-bond donors (Lipinski definition) is 1. The molecular formula is C19H28N2O2. The van der Waals surface area contributed by atoms with Crippen LogP contribution in [0.3, 0.4) is 0 Å². The molecule has 1 aromatic rings. The minimum absolute atomic E-state index is 0.188. The van der Waals surface area contributed by atoms with E-state index >= 15 is 0 Å². The highest BCUT2D eigenvalue weighted by Crippen LogP contribution is 2.44. The summed E-state index contributed by atoms with van der Waals surface area (Å²) < 4.78 is 5.46. The van der Waals surface area contributed by atoms with E-state index in [1.54, 1.807) is 0 Å². The second-order valence-electron chi connectivity index (χ2n) is 7.90. The first-order valence-corrected chi connectivity index (χ1v) is 8.71. The van der Waals surface area contributed by atoms with E-state index in [9.17, 15) is 4.79 Å². The maximum Gasteiger partial charge on any atom is 0.410 e. The Morgan fingerprint density at radius 1 is 1.13 bits per heavy atom. The number of carbonyl (C=O) groups excluding carboxylic acids is 1. The fraction of sp³-hybridized carbons (Fsp3) is 0.632. The Kier molecular flexibility index (Phi) is 4.26. The fourth-order valence-electron chi connectivity index (χ4n) is 3.32. The number of amides is 1. The van der Waals surface area contributed by atoms with Gasteiger partial charge in [0.15, 0.2) is 0 Å². The Balaban J connectivity index is 1.61. The third-order valence-electron chi connectivity index (χ3n) is 4.75. The lowest BCUT2D eigenvalue weighted by molar-refractivity contribution is 0.0205. The summed E-state index contributed by atoms with van der Waals surface area (Å²) in [6, 6.07) is 6.53. The Morgan fingerprint density at radius 3 is 2.35 bits per heavy atom. The highest BCUT2D eigenvalue weighted by Gasteiger charge is 2.29. The molecule has 0 unspecified atom stereocenters. The maximum absolute atomic E-state index is 12.1. The van der Waals surface area contributed by atoms with Crippen molar-refractivity contribution >= 4 is 11.8 Å². The van der Waals surface area contributed by atoms with Crippen molar-refractivity contribution in [1.29, 1.82) is 0 Å². The molecular weight excluding hydrogens is 288 g/mol. The number of nitrogen functional groups attached to an aromatic ring is 1. The Morgan fingerprint density at radius 2 is 1.78 bits per heavy atom. The van der Waals surface area contributed by atoms with Crippen LogP contribution in [0.25, 0.3) is 0 Å². The summed E-state index contributed by atoms with van der Waals surface area (Å²) in [6.45, 7) is 7.26. The first kappa shape index (κ1) is 16.2. The minimum Gasteiger partial charge on any atom is -0.444 e. The number of rotatable bonds is 2. The SMILES string of the molecule is CC(C)(C)OC(=O)N1CCC(c2ccc(N)c(C3CC3)c2)CC1. The van der Waals surface area contributed by atoms with E-state index in [0.717, 1.165) is 31.6 Å². The number of nitrogens with zero attached hydrogens (tertiary/aromatic N) is 1.